The Labute approximate surface area is 156 Å². The molecule has 1 atom stereocenters. The molecular weight excluding hydrogens is 332 g/mol. The summed E-state index contributed by atoms with van der Waals surface area (Å²) in [5.41, 5.74) is 2.12. The number of amides is 1. The Hall–Kier alpha value is -1.36. The first kappa shape index (κ1) is 20.0. The lowest BCUT2D eigenvalue weighted by molar-refractivity contribution is 0.0257. The summed E-state index contributed by atoms with van der Waals surface area (Å²) in [7, 11) is 0. The van der Waals surface area contributed by atoms with Crippen molar-refractivity contribution in [1.29, 1.82) is 0 Å². The van der Waals surface area contributed by atoms with Gasteiger partial charge in [-0.25, -0.2) is 4.79 Å². The predicted octanol–water partition coefficient (Wildman–Crippen LogP) is 4.95. The molecule has 1 aromatic rings. The molecule has 1 heterocycles. The first-order valence-corrected chi connectivity index (χ1v) is 10.3. The molecule has 1 amide bonds. The molecule has 0 aliphatic carbocycles. The Morgan fingerprint density at radius 3 is 2.52 bits per heavy atom. The maximum Gasteiger partial charge on any atom is 0.410 e. The molecule has 1 aliphatic rings. The Kier molecular flexibility index (Phi) is 7.05. The van der Waals surface area contributed by atoms with Crippen molar-refractivity contribution >= 4 is 23.5 Å². The SMILES string of the molecule is CCCN(CC)c1ccc(C2CN(C(=O)OC(C)(C)C)CCS2)cc1. The smallest absolute Gasteiger partial charge is 0.410 e. The van der Waals surface area contributed by atoms with Crippen LogP contribution in [0, 0.1) is 0 Å². The fraction of sp³-hybridized carbons (Fsp3) is 0.650. The second-order valence-electron chi connectivity index (χ2n) is 7.46. The van der Waals surface area contributed by atoms with Crippen LogP contribution >= 0.6 is 11.8 Å². The summed E-state index contributed by atoms with van der Waals surface area (Å²) in [5.74, 6) is 0.947. The van der Waals surface area contributed by atoms with Crippen LogP contribution in [0.25, 0.3) is 0 Å². The summed E-state index contributed by atoms with van der Waals surface area (Å²) in [6.45, 7) is 13.7. The Bertz CT molecular complexity index is 554. The van der Waals surface area contributed by atoms with E-state index in [0.717, 1.165) is 31.8 Å². The van der Waals surface area contributed by atoms with Gasteiger partial charge in [0.05, 0.1) is 0 Å². The minimum absolute atomic E-state index is 0.200. The first-order chi connectivity index (χ1) is 11.8. The lowest BCUT2D eigenvalue weighted by Gasteiger charge is -2.34. The van der Waals surface area contributed by atoms with Crippen molar-refractivity contribution in [2.75, 3.05) is 36.8 Å². The molecule has 5 heteroatoms. The van der Waals surface area contributed by atoms with E-state index in [1.165, 1.54) is 11.3 Å². The molecule has 0 aromatic heterocycles. The molecule has 0 radical (unpaired) electrons. The molecule has 0 N–H and O–H groups in total. The van der Waals surface area contributed by atoms with Crippen LogP contribution in [0.4, 0.5) is 10.5 Å². The standard InChI is InChI=1S/C20H32N2O2S/c1-6-12-21(7-2)17-10-8-16(9-11-17)18-15-22(13-14-25-18)19(23)24-20(3,4)5/h8-11,18H,6-7,12-15H2,1-5H3. The van der Waals surface area contributed by atoms with Crippen molar-refractivity contribution in [2.24, 2.45) is 0 Å². The highest BCUT2D eigenvalue weighted by molar-refractivity contribution is 7.99. The van der Waals surface area contributed by atoms with Crippen molar-refractivity contribution in [3.05, 3.63) is 29.8 Å². The van der Waals surface area contributed by atoms with Crippen LogP contribution in [0.3, 0.4) is 0 Å². The molecule has 1 fully saturated rings. The van der Waals surface area contributed by atoms with Crippen LogP contribution < -0.4 is 4.90 Å². The average Bonchev–Trinajstić information content (AvgIpc) is 2.58. The molecule has 0 bridgehead atoms. The second-order valence-corrected chi connectivity index (χ2v) is 8.77. The molecule has 1 saturated heterocycles. The monoisotopic (exact) mass is 364 g/mol. The number of thioether (sulfide) groups is 1. The number of anilines is 1. The van der Waals surface area contributed by atoms with E-state index in [9.17, 15) is 4.79 Å². The highest BCUT2D eigenvalue weighted by atomic mass is 32.2. The van der Waals surface area contributed by atoms with Gasteiger partial charge in [0.1, 0.15) is 5.60 Å². The lowest BCUT2D eigenvalue weighted by Crippen LogP contribution is -2.42. The molecule has 1 aliphatic heterocycles. The lowest BCUT2D eigenvalue weighted by atomic mass is 10.1. The van der Waals surface area contributed by atoms with Crippen LogP contribution in [0.1, 0.15) is 51.9 Å². The van der Waals surface area contributed by atoms with E-state index in [-0.39, 0.29) is 6.09 Å². The van der Waals surface area contributed by atoms with E-state index in [1.807, 2.05) is 37.4 Å². The topological polar surface area (TPSA) is 32.8 Å². The summed E-state index contributed by atoms with van der Waals surface area (Å²) in [6, 6.07) is 8.84. The second kappa shape index (κ2) is 8.84. The van der Waals surface area contributed by atoms with Gasteiger partial charge in [0.15, 0.2) is 0 Å². The van der Waals surface area contributed by atoms with Crippen LogP contribution in [0.5, 0.6) is 0 Å². The summed E-state index contributed by atoms with van der Waals surface area (Å²) >= 11 is 1.92. The Morgan fingerprint density at radius 2 is 1.96 bits per heavy atom. The van der Waals surface area contributed by atoms with E-state index >= 15 is 0 Å². The Balaban J connectivity index is 2.02. The van der Waals surface area contributed by atoms with Crippen LogP contribution in [0.2, 0.25) is 0 Å². The molecule has 2 rings (SSSR count). The third kappa shape index (κ3) is 5.84. The molecule has 0 saturated carbocycles. The summed E-state index contributed by atoms with van der Waals surface area (Å²) in [5, 5.41) is 0.316. The number of hydrogen-bond donors (Lipinski definition) is 0. The van der Waals surface area contributed by atoms with Crippen LogP contribution in [-0.2, 0) is 4.74 Å². The zero-order valence-electron chi connectivity index (χ0n) is 16.2. The van der Waals surface area contributed by atoms with Crippen molar-refractivity contribution < 1.29 is 9.53 Å². The largest absolute Gasteiger partial charge is 0.444 e. The van der Waals surface area contributed by atoms with Crippen LogP contribution in [0.15, 0.2) is 24.3 Å². The molecule has 25 heavy (non-hydrogen) atoms. The molecular formula is C20H32N2O2S. The van der Waals surface area contributed by atoms with Crippen LogP contribution in [-0.4, -0.2) is 48.5 Å². The van der Waals surface area contributed by atoms with Gasteiger partial charge in [-0.3, -0.25) is 0 Å². The minimum Gasteiger partial charge on any atom is -0.444 e. The predicted molar refractivity (Wildman–Crippen MR) is 108 cm³/mol. The molecule has 1 unspecified atom stereocenters. The summed E-state index contributed by atoms with van der Waals surface area (Å²) < 4.78 is 5.52. The third-order valence-electron chi connectivity index (χ3n) is 4.22. The number of hydrogen-bond acceptors (Lipinski definition) is 4. The van der Waals surface area contributed by atoms with E-state index in [1.54, 1.807) is 0 Å². The van der Waals surface area contributed by atoms with Gasteiger partial charge in [0, 0.05) is 42.9 Å². The Morgan fingerprint density at radius 1 is 1.28 bits per heavy atom. The number of carbonyl (C=O) groups is 1. The molecule has 0 spiro atoms. The maximum atomic E-state index is 12.3. The van der Waals surface area contributed by atoms with E-state index < -0.39 is 5.60 Å². The quantitative estimate of drug-likeness (QED) is 0.740. The highest BCUT2D eigenvalue weighted by Gasteiger charge is 2.28. The van der Waals surface area contributed by atoms with E-state index in [0.29, 0.717) is 11.8 Å². The van der Waals surface area contributed by atoms with Gasteiger partial charge in [-0.15, -0.1) is 0 Å². The molecule has 4 nitrogen and oxygen atoms in total. The normalized spacial score (nSPS) is 18.1. The van der Waals surface area contributed by atoms with Gasteiger partial charge in [-0.2, -0.15) is 11.8 Å². The van der Waals surface area contributed by atoms with Gasteiger partial charge in [0.2, 0.25) is 0 Å². The summed E-state index contributed by atoms with van der Waals surface area (Å²) in [4.78, 5) is 16.6. The fourth-order valence-electron chi connectivity index (χ4n) is 2.98. The number of rotatable bonds is 5. The first-order valence-electron chi connectivity index (χ1n) is 9.28. The highest BCUT2D eigenvalue weighted by Crippen LogP contribution is 2.34. The third-order valence-corrected chi connectivity index (χ3v) is 5.47. The van der Waals surface area contributed by atoms with Crippen molar-refractivity contribution in [1.82, 2.24) is 4.90 Å². The maximum absolute atomic E-state index is 12.3. The van der Waals surface area contributed by atoms with Gasteiger partial charge < -0.3 is 14.5 Å². The van der Waals surface area contributed by atoms with Crippen molar-refractivity contribution in [3.63, 3.8) is 0 Å². The number of nitrogens with zero attached hydrogens (tertiary/aromatic N) is 2. The van der Waals surface area contributed by atoms with Crippen molar-refractivity contribution in [3.8, 4) is 0 Å². The minimum atomic E-state index is -0.443. The van der Waals surface area contributed by atoms with Gasteiger partial charge >= 0.3 is 6.09 Å². The van der Waals surface area contributed by atoms with Crippen molar-refractivity contribution in [2.45, 2.75) is 51.9 Å². The number of carbonyl (C=O) groups excluding carboxylic acids is 1. The van der Waals surface area contributed by atoms with E-state index in [4.69, 9.17) is 4.74 Å². The average molecular weight is 365 g/mol. The zero-order valence-corrected chi connectivity index (χ0v) is 17.1. The zero-order chi connectivity index (χ0) is 18.4. The fourth-order valence-corrected chi connectivity index (χ4v) is 4.23. The molecule has 140 valence electrons. The number of ether oxygens (including phenoxy) is 1. The van der Waals surface area contributed by atoms with E-state index in [2.05, 4.69) is 43.0 Å². The van der Waals surface area contributed by atoms with Gasteiger partial charge in [-0.05, 0) is 51.8 Å². The summed E-state index contributed by atoms with van der Waals surface area (Å²) in [6.07, 6.45) is 0.952. The number of benzene rings is 1. The van der Waals surface area contributed by atoms with Gasteiger partial charge in [-0.1, -0.05) is 19.1 Å². The molecule has 1 aromatic carbocycles. The van der Waals surface area contributed by atoms with Gasteiger partial charge in [0.25, 0.3) is 0 Å².